The van der Waals surface area contributed by atoms with Gasteiger partial charge in [0, 0.05) is 44.3 Å². The molecule has 0 saturated carbocycles. The van der Waals surface area contributed by atoms with Crippen molar-refractivity contribution < 1.29 is 9.53 Å². The number of anilines is 1. The van der Waals surface area contributed by atoms with E-state index < -0.39 is 0 Å². The summed E-state index contributed by atoms with van der Waals surface area (Å²) < 4.78 is 9.22. The highest BCUT2D eigenvalue weighted by Gasteiger charge is 2.33. The molecule has 9 heteroatoms. The summed E-state index contributed by atoms with van der Waals surface area (Å²) in [6.07, 6.45) is 6.60. The second kappa shape index (κ2) is 11.4. The average molecular weight is 563 g/mol. The molecule has 0 aliphatic carbocycles. The summed E-state index contributed by atoms with van der Waals surface area (Å²) in [5, 5.41) is 2.08. The first-order valence-electron chi connectivity index (χ1n) is 14.8. The fraction of sp³-hybridized carbons (Fsp3) is 0.333. The van der Waals surface area contributed by atoms with Crippen molar-refractivity contribution in [2.75, 3.05) is 44.3 Å². The summed E-state index contributed by atoms with van der Waals surface area (Å²) in [4.78, 5) is 42.3. The number of fused-ring (bicyclic) bond motifs is 2. The highest BCUT2D eigenvalue weighted by molar-refractivity contribution is 6.10. The van der Waals surface area contributed by atoms with Crippen LogP contribution in [0.3, 0.4) is 0 Å². The molecule has 5 heterocycles. The Hall–Kier alpha value is -4.50. The van der Waals surface area contributed by atoms with E-state index in [1.54, 1.807) is 17.1 Å². The second-order valence-electron chi connectivity index (χ2n) is 11.1. The molecule has 0 bridgehead atoms. The smallest absolute Gasteiger partial charge is 0.278 e. The van der Waals surface area contributed by atoms with E-state index in [4.69, 9.17) is 9.72 Å². The van der Waals surface area contributed by atoms with Gasteiger partial charge in [0.1, 0.15) is 22.4 Å². The van der Waals surface area contributed by atoms with Crippen molar-refractivity contribution in [1.82, 2.24) is 24.0 Å². The van der Waals surface area contributed by atoms with Crippen LogP contribution in [-0.4, -0.2) is 69.3 Å². The lowest BCUT2D eigenvalue weighted by Gasteiger charge is -2.32. The molecular formula is C33H34N6O3. The molecule has 0 N–H and O–H groups in total. The molecule has 5 aromatic rings. The van der Waals surface area contributed by atoms with Gasteiger partial charge >= 0.3 is 0 Å². The normalized spacial score (nSPS) is 15.9. The molecule has 0 atom stereocenters. The number of piperidine rings is 1. The van der Waals surface area contributed by atoms with Crippen LogP contribution in [0.15, 0.2) is 78.0 Å². The summed E-state index contributed by atoms with van der Waals surface area (Å²) in [6, 6.07) is 20.1. The maximum absolute atomic E-state index is 14.4. The lowest BCUT2D eigenvalue weighted by Crippen LogP contribution is -2.41. The number of carbonyl (C=O) groups is 1. The summed E-state index contributed by atoms with van der Waals surface area (Å²) in [6.45, 7) is 4.47. The van der Waals surface area contributed by atoms with Crippen LogP contribution in [0.25, 0.3) is 21.8 Å². The Morgan fingerprint density at radius 3 is 2.40 bits per heavy atom. The largest absolute Gasteiger partial charge is 0.378 e. The van der Waals surface area contributed by atoms with Crippen LogP contribution in [-0.2, 0) is 17.8 Å². The van der Waals surface area contributed by atoms with Crippen LogP contribution in [0, 0.1) is 0 Å². The van der Waals surface area contributed by atoms with Gasteiger partial charge in [-0.25, -0.2) is 4.98 Å². The quantitative estimate of drug-likeness (QED) is 0.307. The van der Waals surface area contributed by atoms with Crippen molar-refractivity contribution in [2.45, 2.75) is 32.4 Å². The van der Waals surface area contributed by atoms with E-state index in [2.05, 4.69) is 22.0 Å². The number of aromatic nitrogens is 4. The zero-order valence-corrected chi connectivity index (χ0v) is 23.6. The summed E-state index contributed by atoms with van der Waals surface area (Å²) in [7, 11) is 0. The van der Waals surface area contributed by atoms with Gasteiger partial charge in [-0.15, -0.1) is 0 Å². The number of hydrogen-bond donors (Lipinski definition) is 0. The zero-order chi connectivity index (χ0) is 28.5. The van der Waals surface area contributed by atoms with E-state index in [0.717, 1.165) is 60.2 Å². The number of pyridine rings is 1. The molecule has 0 spiro atoms. The monoisotopic (exact) mass is 562 g/mol. The number of carbonyl (C=O) groups excluding carboxylic acids is 1. The van der Waals surface area contributed by atoms with Gasteiger partial charge in [0.2, 0.25) is 0 Å². The number of nitrogens with zero attached hydrogens (tertiary/aromatic N) is 6. The Labute approximate surface area is 244 Å². The van der Waals surface area contributed by atoms with Crippen molar-refractivity contribution in [3.8, 4) is 0 Å². The summed E-state index contributed by atoms with van der Waals surface area (Å²) >= 11 is 0. The van der Waals surface area contributed by atoms with Crippen molar-refractivity contribution in [1.29, 1.82) is 0 Å². The second-order valence-corrected chi connectivity index (χ2v) is 11.1. The first kappa shape index (κ1) is 26.4. The highest BCUT2D eigenvalue weighted by atomic mass is 16.5. The van der Waals surface area contributed by atoms with Gasteiger partial charge in [-0.1, -0.05) is 54.6 Å². The van der Waals surface area contributed by atoms with Gasteiger partial charge in [0.05, 0.1) is 31.8 Å². The first-order valence-corrected chi connectivity index (χ1v) is 14.8. The Morgan fingerprint density at radius 2 is 1.60 bits per heavy atom. The lowest BCUT2D eigenvalue weighted by molar-refractivity contribution is 0.0304. The molecule has 2 fully saturated rings. The standard InChI is InChI=1S/C33H34N6O3/c40-32(37-17-19-42-20-18-37)28-29-30(39(21-24-9-3-1-4-10-24)31(28)36-15-7-2-8-16-36)33(41)38(23-35-29)22-27-26-12-6-5-11-25(26)13-14-34-27/h1,3-6,9-14,23H,2,7-8,15-22H2. The topological polar surface area (TPSA) is 85.5 Å². The van der Waals surface area contributed by atoms with Crippen molar-refractivity contribution in [3.05, 3.63) is 100 Å². The molecule has 214 valence electrons. The third-order valence-electron chi connectivity index (χ3n) is 8.43. The maximum Gasteiger partial charge on any atom is 0.278 e. The van der Waals surface area contributed by atoms with Gasteiger partial charge in [0.25, 0.3) is 11.5 Å². The first-order chi connectivity index (χ1) is 20.7. The van der Waals surface area contributed by atoms with Crippen LogP contribution >= 0.6 is 0 Å². The Balaban J connectivity index is 1.44. The molecule has 3 aromatic heterocycles. The van der Waals surface area contributed by atoms with Crippen LogP contribution in [0.5, 0.6) is 0 Å². The van der Waals surface area contributed by atoms with E-state index in [0.29, 0.717) is 49.4 Å². The van der Waals surface area contributed by atoms with Crippen molar-refractivity contribution in [3.63, 3.8) is 0 Å². The molecule has 0 radical (unpaired) electrons. The molecule has 7 rings (SSSR count). The average Bonchev–Trinajstić information content (AvgIpc) is 3.37. The lowest BCUT2D eigenvalue weighted by atomic mass is 10.1. The van der Waals surface area contributed by atoms with Crippen LogP contribution < -0.4 is 10.5 Å². The maximum atomic E-state index is 14.4. The van der Waals surface area contributed by atoms with Crippen LogP contribution in [0.2, 0.25) is 0 Å². The Kier molecular flexibility index (Phi) is 7.17. The summed E-state index contributed by atoms with van der Waals surface area (Å²) in [5.41, 5.74) is 3.14. The van der Waals surface area contributed by atoms with E-state index in [1.807, 2.05) is 58.0 Å². The molecule has 42 heavy (non-hydrogen) atoms. The predicted octanol–water partition coefficient (Wildman–Crippen LogP) is 4.31. The molecule has 2 aliphatic heterocycles. The molecular weight excluding hydrogens is 528 g/mol. The fourth-order valence-corrected chi connectivity index (χ4v) is 6.31. The molecule has 2 saturated heterocycles. The van der Waals surface area contributed by atoms with Crippen LogP contribution in [0.4, 0.5) is 5.82 Å². The number of benzene rings is 2. The minimum absolute atomic E-state index is 0.0870. The summed E-state index contributed by atoms with van der Waals surface area (Å²) in [5.74, 6) is 0.715. The van der Waals surface area contributed by atoms with E-state index in [1.165, 1.54) is 0 Å². The minimum Gasteiger partial charge on any atom is -0.378 e. The van der Waals surface area contributed by atoms with Gasteiger partial charge in [0.15, 0.2) is 0 Å². The zero-order valence-electron chi connectivity index (χ0n) is 23.6. The Morgan fingerprint density at radius 1 is 0.833 bits per heavy atom. The molecule has 0 unspecified atom stereocenters. The highest BCUT2D eigenvalue weighted by Crippen LogP contribution is 2.34. The van der Waals surface area contributed by atoms with Crippen LogP contribution in [0.1, 0.15) is 40.9 Å². The number of hydrogen-bond acceptors (Lipinski definition) is 6. The Bertz CT molecular complexity index is 1790. The van der Waals surface area contributed by atoms with E-state index in [-0.39, 0.29) is 18.0 Å². The van der Waals surface area contributed by atoms with Gasteiger partial charge in [-0.3, -0.25) is 19.1 Å². The number of amides is 1. The number of morpholine rings is 1. The molecule has 2 aliphatic rings. The van der Waals surface area contributed by atoms with E-state index >= 15 is 0 Å². The number of ether oxygens (including phenoxy) is 1. The van der Waals surface area contributed by atoms with Crippen molar-refractivity contribution >= 4 is 33.5 Å². The molecule has 9 nitrogen and oxygen atoms in total. The fourth-order valence-electron chi connectivity index (χ4n) is 6.31. The van der Waals surface area contributed by atoms with Gasteiger partial charge < -0.3 is 19.1 Å². The van der Waals surface area contributed by atoms with Gasteiger partial charge in [-0.05, 0) is 36.3 Å². The minimum atomic E-state index is -0.176. The molecule has 1 amide bonds. The van der Waals surface area contributed by atoms with Gasteiger partial charge in [-0.2, -0.15) is 0 Å². The predicted molar refractivity (Wildman–Crippen MR) is 163 cm³/mol. The number of rotatable bonds is 6. The van der Waals surface area contributed by atoms with E-state index in [9.17, 15) is 9.59 Å². The third-order valence-corrected chi connectivity index (χ3v) is 8.43. The molecule has 2 aromatic carbocycles. The van der Waals surface area contributed by atoms with Crippen molar-refractivity contribution in [2.24, 2.45) is 0 Å². The third kappa shape index (κ3) is 4.83. The SMILES string of the molecule is O=C(c1c(N2CCCCC2)n(Cc2ccccc2)c2c(=O)n(Cc3nccc4ccccc34)cnc12)N1CCOCC1.